The van der Waals surface area contributed by atoms with Gasteiger partial charge in [0.05, 0.1) is 0 Å². The Morgan fingerprint density at radius 2 is 1.63 bits per heavy atom. The van der Waals surface area contributed by atoms with Gasteiger partial charge in [0.2, 0.25) is 0 Å². The highest BCUT2D eigenvalue weighted by Crippen LogP contribution is 2.34. The summed E-state index contributed by atoms with van der Waals surface area (Å²) in [7, 11) is 2.12. The smallest absolute Gasteiger partial charge is 0.0161 e. The largest absolute Gasteiger partial charge is 0.316 e. The molecule has 0 fully saturated rings. The van der Waals surface area contributed by atoms with Gasteiger partial charge >= 0.3 is 0 Å². The van der Waals surface area contributed by atoms with Crippen LogP contribution in [0.25, 0.3) is 0 Å². The first kappa shape index (κ1) is 16.2. The molecule has 0 amide bonds. The molecule has 0 aliphatic carbocycles. The Kier molecular flexibility index (Phi) is 7.15. The van der Waals surface area contributed by atoms with Crippen molar-refractivity contribution in [3.05, 3.63) is 35.9 Å². The van der Waals surface area contributed by atoms with Crippen LogP contribution in [-0.2, 0) is 0 Å². The third-order valence-corrected chi connectivity index (χ3v) is 4.52. The minimum Gasteiger partial charge on any atom is -0.316 e. The fraction of sp³-hybridized carbons (Fsp3) is 0.667. The van der Waals surface area contributed by atoms with Crippen LogP contribution in [0.15, 0.2) is 30.3 Å². The van der Waals surface area contributed by atoms with Crippen molar-refractivity contribution in [3.63, 3.8) is 0 Å². The second kappa shape index (κ2) is 8.37. The lowest BCUT2D eigenvalue weighted by atomic mass is 9.75. The quantitative estimate of drug-likeness (QED) is 0.706. The summed E-state index contributed by atoms with van der Waals surface area (Å²) in [5, 5.41) is 3.60. The molecule has 0 aliphatic heterocycles. The molecule has 0 aliphatic rings. The minimum atomic E-state index is 0.567. The summed E-state index contributed by atoms with van der Waals surface area (Å²) in [6.07, 6.45) is 3.79. The summed E-state index contributed by atoms with van der Waals surface area (Å²) in [6.45, 7) is 9.37. The van der Waals surface area contributed by atoms with E-state index in [0.717, 1.165) is 0 Å². The van der Waals surface area contributed by atoms with Gasteiger partial charge in [-0.25, -0.2) is 0 Å². The van der Waals surface area contributed by atoms with E-state index in [0.29, 0.717) is 23.8 Å². The van der Waals surface area contributed by atoms with E-state index in [4.69, 9.17) is 0 Å². The van der Waals surface area contributed by atoms with E-state index in [1.54, 1.807) is 0 Å². The highest BCUT2D eigenvalue weighted by molar-refractivity contribution is 5.22. The van der Waals surface area contributed by atoms with E-state index < -0.39 is 0 Å². The van der Waals surface area contributed by atoms with Crippen molar-refractivity contribution in [2.24, 2.45) is 11.8 Å². The van der Waals surface area contributed by atoms with Gasteiger partial charge in [0, 0.05) is 12.0 Å². The van der Waals surface area contributed by atoms with Crippen molar-refractivity contribution >= 4 is 0 Å². The molecule has 0 saturated heterocycles. The van der Waals surface area contributed by atoms with Crippen molar-refractivity contribution in [2.75, 3.05) is 7.05 Å². The number of likely N-dealkylation sites (N-methyl/N-ethyl adjacent to an activating group) is 1. The Hall–Kier alpha value is -0.820. The zero-order valence-electron chi connectivity index (χ0n) is 13.3. The molecule has 19 heavy (non-hydrogen) atoms. The fourth-order valence-electron chi connectivity index (χ4n) is 3.27. The Morgan fingerprint density at radius 1 is 1.00 bits per heavy atom. The zero-order valence-corrected chi connectivity index (χ0v) is 13.3. The summed E-state index contributed by atoms with van der Waals surface area (Å²) in [6, 6.07) is 11.6. The van der Waals surface area contributed by atoms with Crippen LogP contribution in [0.4, 0.5) is 0 Å². The molecule has 108 valence electrons. The summed E-state index contributed by atoms with van der Waals surface area (Å²) in [5.41, 5.74) is 1.49. The van der Waals surface area contributed by atoms with Gasteiger partial charge in [0.25, 0.3) is 0 Å². The van der Waals surface area contributed by atoms with Gasteiger partial charge in [0.15, 0.2) is 0 Å². The van der Waals surface area contributed by atoms with Gasteiger partial charge in [-0.2, -0.15) is 0 Å². The van der Waals surface area contributed by atoms with Crippen LogP contribution in [0.1, 0.15) is 58.4 Å². The monoisotopic (exact) mass is 261 g/mol. The van der Waals surface area contributed by atoms with Gasteiger partial charge < -0.3 is 5.32 Å². The van der Waals surface area contributed by atoms with Crippen LogP contribution in [0.5, 0.6) is 0 Å². The van der Waals surface area contributed by atoms with E-state index >= 15 is 0 Å². The third-order valence-electron chi connectivity index (χ3n) is 4.52. The molecular formula is C18H31N. The van der Waals surface area contributed by atoms with Crippen molar-refractivity contribution in [1.82, 2.24) is 5.32 Å². The van der Waals surface area contributed by atoms with Crippen molar-refractivity contribution < 1.29 is 0 Å². The maximum absolute atomic E-state index is 3.60. The summed E-state index contributed by atoms with van der Waals surface area (Å²) >= 11 is 0. The average Bonchev–Trinajstić information content (AvgIpc) is 2.44. The molecule has 1 nitrogen and oxygen atoms in total. The van der Waals surface area contributed by atoms with Gasteiger partial charge in [0.1, 0.15) is 0 Å². The minimum absolute atomic E-state index is 0.567. The van der Waals surface area contributed by atoms with Crippen LogP contribution in [0.3, 0.4) is 0 Å². The topological polar surface area (TPSA) is 12.0 Å². The molecule has 1 rings (SSSR count). The molecule has 0 saturated carbocycles. The highest BCUT2D eigenvalue weighted by Gasteiger charge is 2.29. The highest BCUT2D eigenvalue weighted by atomic mass is 14.9. The summed E-state index contributed by atoms with van der Waals surface area (Å²) < 4.78 is 0. The van der Waals surface area contributed by atoms with Crippen LogP contribution in [0.2, 0.25) is 0 Å². The van der Waals surface area contributed by atoms with E-state index in [-0.39, 0.29) is 0 Å². The first-order valence-electron chi connectivity index (χ1n) is 7.87. The Labute approximate surface area is 119 Å². The SMILES string of the molecule is CCCC(C)C(NC)C(c1ccccc1)C(C)CC. The molecule has 0 aromatic heterocycles. The van der Waals surface area contributed by atoms with Gasteiger partial charge in [-0.1, -0.05) is 70.9 Å². The van der Waals surface area contributed by atoms with E-state index in [1.807, 2.05) is 0 Å². The standard InChI is InChI=1S/C18H31N/c1-6-11-15(4)18(19-5)17(14(3)7-2)16-12-9-8-10-13-16/h8-10,12-15,17-19H,6-7,11H2,1-5H3. The van der Waals surface area contributed by atoms with Gasteiger partial charge in [-0.05, 0) is 30.9 Å². The maximum Gasteiger partial charge on any atom is 0.0161 e. The molecule has 0 bridgehead atoms. The molecule has 4 atom stereocenters. The van der Waals surface area contributed by atoms with Crippen molar-refractivity contribution in [1.29, 1.82) is 0 Å². The first-order chi connectivity index (χ1) is 9.15. The first-order valence-corrected chi connectivity index (χ1v) is 7.87. The molecule has 1 N–H and O–H groups in total. The van der Waals surface area contributed by atoms with E-state index in [1.165, 1.54) is 24.8 Å². The zero-order chi connectivity index (χ0) is 14.3. The molecule has 0 spiro atoms. The maximum atomic E-state index is 3.60. The lowest BCUT2D eigenvalue weighted by molar-refractivity contribution is 0.267. The normalized spacial score (nSPS) is 17.7. The predicted molar refractivity (Wildman–Crippen MR) is 85.6 cm³/mol. The molecule has 1 heteroatoms. The van der Waals surface area contributed by atoms with Crippen LogP contribution >= 0.6 is 0 Å². The predicted octanol–water partition coefficient (Wildman–Crippen LogP) is 4.84. The molecule has 1 aromatic rings. The van der Waals surface area contributed by atoms with E-state index in [2.05, 4.69) is 70.4 Å². The number of nitrogens with one attached hydrogen (secondary N) is 1. The number of hydrogen-bond donors (Lipinski definition) is 1. The lowest BCUT2D eigenvalue weighted by Crippen LogP contribution is -2.40. The Morgan fingerprint density at radius 3 is 2.11 bits per heavy atom. The lowest BCUT2D eigenvalue weighted by Gasteiger charge is -2.36. The second-order valence-electron chi connectivity index (χ2n) is 5.90. The molecule has 1 aromatic carbocycles. The van der Waals surface area contributed by atoms with Crippen molar-refractivity contribution in [2.45, 2.75) is 58.9 Å². The number of rotatable bonds is 8. The summed E-state index contributed by atoms with van der Waals surface area (Å²) in [5.74, 6) is 2.03. The number of benzene rings is 1. The van der Waals surface area contributed by atoms with Gasteiger partial charge in [-0.3, -0.25) is 0 Å². The van der Waals surface area contributed by atoms with Gasteiger partial charge in [-0.15, -0.1) is 0 Å². The molecular weight excluding hydrogens is 230 g/mol. The van der Waals surface area contributed by atoms with Crippen LogP contribution in [0, 0.1) is 11.8 Å². The van der Waals surface area contributed by atoms with Crippen LogP contribution < -0.4 is 5.32 Å². The third kappa shape index (κ3) is 4.35. The number of hydrogen-bond acceptors (Lipinski definition) is 1. The Balaban J connectivity index is 3.01. The second-order valence-corrected chi connectivity index (χ2v) is 5.90. The Bertz CT molecular complexity index is 333. The molecule has 4 unspecified atom stereocenters. The van der Waals surface area contributed by atoms with Crippen molar-refractivity contribution in [3.8, 4) is 0 Å². The summed E-state index contributed by atoms with van der Waals surface area (Å²) in [4.78, 5) is 0. The fourth-order valence-corrected chi connectivity index (χ4v) is 3.27. The van der Waals surface area contributed by atoms with E-state index in [9.17, 15) is 0 Å². The average molecular weight is 261 g/mol. The van der Waals surface area contributed by atoms with Crippen LogP contribution in [-0.4, -0.2) is 13.1 Å². The molecule has 0 radical (unpaired) electrons. The molecule has 0 heterocycles.